The summed E-state index contributed by atoms with van der Waals surface area (Å²) in [6.07, 6.45) is 0. The molecule has 124 heavy (non-hydrogen) atoms. The molecule has 20 aromatic carbocycles. The molecule has 26 aromatic rings. The molecule has 6 aromatic heterocycles. The van der Waals surface area contributed by atoms with Crippen LogP contribution >= 0.6 is 0 Å². The van der Waals surface area contributed by atoms with Gasteiger partial charge >= 0.3 is 0 Å². The summed E-state index contributed by atoms with van der Waals surface area (Å²) in [6.45, 7) is 13.7. The van der Waals surface area contributed by atoms with E-state index in [1.54, 1.807) is 0 Å². The molecule has 26 rings (SSSR count). The molecule has 0 spiro atoms. The van der Waals surface area contributed by atoms with Crippen LogP contribution in [0.15, 0.2) is 400 Å². The topological polar surface area (TPSA) is 18.7 Å². The summed E-state index contributed by atoms with van der Waals surface area (Å²) in [7, 11) is 0. The zero-order valence-corrected chi connectivity index (χ0v) is 69.9. The van der Waals surface area contributed by atoms with Crippen LogP contribution in [0.2, 0.25) is 0 Å². The van der Waals surface area contributed by atoms with Crippen molar-refractivity contribution in [1.29, 1.82) is 0 Å². The lowest BCUT2D eigenvalue weighted by Gasteiger charge is -2.19. The number of hydrogen-bond acceptors (Lipinski definition) is 0. The van der Waals surface area contributed by atoms with Gasteiger partial charge in [0, 0.05) is 76.0 Å². The molecule has 0 aliphatic rings. The van der Waals surface area contributed by atoms with E-state index in [2.05, 4.69) is 460 Å². The van der Waals surface area contributed by atoms with Crippen molar-refractivity contribution in [2.75, 3.05) is 0 Å². The van der Waals surface area contributed by atoms with Crippen LogP contribution in [0.1, 0.15) is 52.7 Å². The Morgan fingerprint density at radius 1 is 0.161 bits per heavy atom. The zero-order valence-electron chi connectivity index (χ0n) is 69.9. The van der Waals surface area contributed by atoms with Gasteiger partial charge in [-0.2, -0.15) is 0 Å². The van der Waals surface area contributed by atoms with Gasteiger partial charge in [0.05, 0.1) is 55.2 Å². The van der Waals surface area contributed by atoms with Crippen molar-refractivity contribution < 1.29 is 0 Å². The summed E-state index contributed by atoms with van der Waals surface area (Å²) < 4.78 is 10.1. The second-order valence-corrected chi connectivity index (χ2v) is 36.4. The molecule has 0 aliphatic carbocycles. The molecule has 0 fully saturated rings. The maximum absolute atomic E-state index is 2.58. The normalized spacial score (nSPS) is 12.4. The summed E-state index contributed by atoms with van der Waals surface area (Å²) in [5.41, 5.74) is 32.5. The molecular formula is C120H84N4. The first kappa shape index (κ1) is 71.5. The first-order valence-electron chi connectivity index (χ1n) is 43.5. The SMILES string of the molecule is CC(C)(C)c1ccc(-c2ccc3cc4c5cc6c(c7ccccc7n6-c6ccccc6)c6c7cc8ccc(-c9ccc(C(C)(C)C)cc9)cc8cc7n(c4cc3c2)c56)cc1.c1ccc(-c2ccc(-c3ccc4cc5c6cc7c(c8ccccc8n7-c7ccccc7)c7c8cc9ccc(-c%10ccc(-c%11ccccc%11)cc%10)cc9cc8n(c5cc4c3)c67)cc2)cc1. The van der Waals surface area contributed by atoms with Crippen molar-refractivity contribution in [3.63, 3.8) is 0 Å². The molecule has 4 heteroatoms. The van der Waals surface area contributed by atoms with Crippen LogP contribution in [0, 0.1) is 0 Å². The van der Waals surface area contributed by atoms with Crippen LogP contribution in [0.25, 0.3) is 241 Å². The second-order valence-electron chi connectivity index (χ2n) is 36.4. The molecule has 0 saturated heterocycles. The predicted molar refractivity (Wildman–Crippen MR) is 531 cm³/mol. The molecule has 0 radical (unpaired) electrons. The van der Waals surface area contributed by atoms with Gasteiger partial charge in [0.15, 0.2) is 0 Å². The van der Waals surface area contributed by atoms with Crippen molar-refractivity contribution in [3.05, 3.63) is 412 Å². The molecule has 0 amide bonds. The van der Waals surface area contributed by atoms with Gasteiger partial charge in [-0.05, 0) is 253 Å². The van der Waals surface area contributed by atoms with E-state index in [1.165, 1.54) is 252 Å². The number of hydrogen-bond donors (Lipinski definition) is 0. The van der Waals surface area contributed by atoms with E-state index in [0.29, 0.717) is 0 Å². The van der Waals surface area contributed by atoms with Crippen LogP contribution in [0.5, 0.6) is 0 Å². The predicted octanol–water partition coefficient (Wildman–Crippen LogP) is 33.1. The third kappa shape index (κ3) is 11.2. The number of para-hydroxylation sites is 4. The zero-order chi connectivity index (χ0) is 82.5. The number of fused-ring (bicyclic) bond motifs is 24. The van der Waals surface area contributed by atoms with E-state index < -0.39 is 0 Å². The Labute approximate surface area is 717 Å². The Morgan fingerprint density at radius 3 is 0.742 bits per heavy atom. The molecule has 584 valence electrons. The van der Waals surface area contributed by atoms with E-state index in [9.17, 15) is 0 Å². The Hall–Kier alpha value is -15.4. The lowest BCUT2D eigenvalue weighted by atomic mass is 9.86. The molecule has 0 aliphatic heterocycles. The van der Waals surface area contributed by atoms with E-state index in [4.69, 9.17) is 0 Å². The fourth-order valence-corrected chi connectivity index (χ4v) is 20.8. The highest BCUT2D eigenvalue weighted by molar-refractivity contribution is 6.39. The molecular weight excluding hydrogens is 1500 g/mol. The first-order chi connectivity index (χ1) is 60.7. The van der Waals surface area contributed by atoms with Gasteiger partial charge in [-0.15, -0.1) is 0 Å². The van der Waals surface area contributed by atoms with Crippen molar-refractivity contribution in [2.45, 2.75) is 52.4 Å². The van der Waals surface area contributed by atoms with E-state index in [-0.39, 0.29) is 10.8 Å². The summed E-state index contributed by atoms with van der Waals surface area (Å²) in [5.74, 6) is 0. The van der Waals surface area contributed by atoms with Gasteiger partial charge in [0.2, 0.25) is 0 Å². The minimum Gasteiger partial charge on any atom is -0.309 e. The molecule has 0 unspecified atom stereocenters. The minimum atomic E-state index is 0.117. The molecule has 0 N–H and O–H groups in total. The summed E-state index contributed by atoms with van der Waals surface area (Å²) in [4.78, 5) is 0. The smallest absolute Gasteiger partial charge is 0.0628 e. The van der Waals surface area contributed by atoms with Crippen LogP contribution < -0.4 is 0 Å². The van der Waals surface area contributed by atoms with Gasteiger partial charge in [-0.3, -0.25) is 0 Å². The highest BCUT2D eigenvalue weighted by Gasteiger charge is 2.29. The summed E-state index contributed by atoms with van der Waals surface area (Å²) in [6, 6.07) is 150. The van der Waals surface area contributed by atoms with Crippen LogP contribution in [0.4, 0.5) is 0 Å². The van der Waals surface area contributed by atoms with Crippen LogP contribution in [-0.2, 0) is 10.8 Å². The largest absolute Gasteiger partial charge is 0.309 e. The number of nitrogens with zero attached hydrogens (tertiary/aromatic N) is 4. The molecule has 0 saturated carbocycles. The van der Waals surface area contributed by atoms with Gasteiger partial charge in [-0.25, -0.2) is 0 Å². The van der Waals surface area contributed by atoms with Crippen LogP contribution in [-0.4, -0.2) is 17.9 Å². The van der Waals surface area contributed by atoms with Gasteiger partial charge in [-0.1, -0.05) is 321 Å². The average Bonchev–Trinajstić information content (AvgIpc) is 1.51. The highest BCUT2D eigenvalue weighted by atomic mass is 15.0. The molecule has 0 atom stereocenters. The third-order valence-electron chi connectivity index (χ3n) is 27.1. The molecule has 4 nitrogen and oxygen atoms in total. The standard InChI is InChI=1S/C62H38N2.C58H46N2/c1-4-12-39(13-5-1)41-20-24-43(25-21-41)45-28-30-47-34-53-54-38-59-60(52-18-10-11-19-56(52)63(59)51-16-8-3-9-17-51)61-55-35-48-31-29-46(44-26-22-42(23-27-44)40-14-6-2-7-15-40)33-50(48)37-58(55)64(62(54)61)57(53)36-49(47)32-45;1-57(2,3)43-24-20-35(21-25-43)37-16-18-39-30-47-48-34-53-54(46-14-10-11-15-50(46)59(53)45-12-8-7-9-13-45)55-49-31-40-19-17-38(36-22-26-44(27-23-36)58(4,5)6)29-42(40)33-52(49)60(56(48)55)51(47)32-41(39)28-37/h1-38H;7-34H,1-6H3. The fourth-order valence-electron chi connectivity index (χ4n) is 20.8. The average molecular weight is 1580 g/mol. The van der Waals surface area contributed by atoms with E-state index in [1.807, 2.05) is 0 Å². The third-order valence-corrected chi connectivity index (χ3v) is 27.1. The Bertz CT molecular complexity index is 8840. The monoisotopic (exact) mass is 1580 g/mol. The second kappa shape index (κ2) is 27.1. The van der Waals surface area contributed by atoms with Crippen molar-refractivity contribution in [3.8, 4) is 78.1 Å². The highest BCUT2D eigenvalue weighted by Crippen LogP contribution is 2.52. The lowest BCUT2D eigenvalue weighted by Crippen LogP contribution is -2.10. The maximum Gasteiger partial charge on any atom is 0.0628 e. The first-order valence-corrected chi connectivity index (χ1v) is 43.5. The summed E-state index contributed by atoms with van der Waals surface area (Å²) in [5, 5.41) is 25.4. The molecule has 6 heterocycles. The van der Waals surface area contributed by atoms with Crippen molar-refractivity contribution >= 4 is 163 Å². The van der Waals surface area contributed by atoms with Gasteiger partial charge < -0.3 is 17.9 Å². The van der Waals surface area contributed by atoms with Gasteiger partial charge in [0.1, 0.15) is 0 Å². The quantitative estimate of drug-likeness (QED) is 0.144. The van der Waals surface area contributed by atoms with Gasteiger partial charge in [0.25, 0.3) is 0 Å². The van der Waals surface area contributed by atoms with E-state index in [0.717, 1.165) is 0 Å². The molecule has 0 bridgehead atoms. The maximum atomic E-state index is 2.58. The van der Waals surface area contributed by atoms with Crippen LogP contribution in [0.3, 0.4) is 0 Å². The van der Waals surface area contributed by atoms with Crippen molar-refractivity contribution in [1.82, 2.24) is 17.9 Å². The number of rotatable bonds is 8. The van der Waals surface area contributed by atoms with E-state index >= 15 is 0 Å². The lowest BCUT2D eigenvalue weighted by molar-refractivity contribution is 0.590. The number of benzene rings is 20. The Kier molecular flexibility index (Phi) is 15.6. The fraction of sp³-hybridized carbons (Fsp3) is 0.0667. The van der Waals surface area contributed by atoms with Crippen molar-refractivity contribution in [2.24, 2.45) is 0 Å². The minimum absolute atomic E-state index is 0.117. The number of aromatic nitrogens is 4. The Morgan fingerprint density at radius 2 is 0.419 bits per heavy atom. The Balaban J connectivity index is 0.000000136. The summed E-state index contributed by atoms with van der Waals surface area (Å²) >= 11 is 0.